The van der Waals surface area contributed by atoms with Gasteiger partial charge in [-0.25, -0.2) is 8.78 Å². The minimum absolute atomic E-state index is 0.0701. The molecule has 1 saturated carbocycles. The largest absolute Gasteiger partial charge is 0.416 e. The van der Waals surface area contributed by atoms with Gasteiger partial charge in [0.25, 0.3) is 0 Å². The maximum absolute atomic E-state index is 14.9. The van der Waals surface area contributed by atoms with Crippen LogP contribution in [0.15, 0.2) is 48.5 Å². The number of alkyl halides is 8. The van der Waals surface area contributed by atoms with Crippen molar-refractivity contribution in [1.29, 1.82) is 0 Å². The molecule has 3 aromatic carbocycles. The lowest BCUT2D eigenvalue weighted by Crippen LogP contribution is -2.18. The van der Waals surface area contributed by atoms with Gasteiger partial charge in [-0.3, -0.25) is 14.4 Å². The van der Waals surface area contributed by atoms with Crippen molar-refractivity contribution in [3.05, 3.63) is 98.6 Å². The van der Waals surface area contributed by atoms with Gasteiger partial charge in [0.15, 0.2) is 5.78 Å². The van der Waals surface area contributed by atoms with Crippen molar-refractivity contribution in [3.63, 3.8) is 0 Å². The van der Waals surface area contributed by atoms with Crippen LogP contribution >= 0.6 is 34.8 Å². The molecule has 0 radical (unpaired) electrons. The molecule has 0 heterocycles. The number of benzene rings is 3. The van der Waals surface area contributed by atoms with E-state index >= 15 is 0 Å². The van der Waals surface area contributed by atoms with E-state index in [1.807, 2.05) is 0 Å². The standard InChI is InChI=1S/C29H18Cl3F8NO3/c1-12(42)6-19-21(33)5-2-13(25(19)34)9-22(43)18-11-17(3-4-20(18)30)41-26(44)24-23(27(24,31)32)14-7-15(28(35,36)37)10-16(8-14)29(38,39)40/h2-5,7-8,10-11,23-24H,6,9H2,1H3,(H,41,44). The number of ketones is 2. The van der Waals surface area contributed by atoms with E-state index in [1.165, 1.54) is 12.1 Å². The predicted molar refractivity (Wildman–Crippen MR) is 146 cm³/mol. The van der Waals surface area contributed by atoms with E-state index in [9.17, 15) is 49.5 Å². The molecule has 1 aliphatic rings. The fourth-order valence-electron chi connectivity index (χ4n) is 4.72. The van der Waals surface area contributed by atoms with Crippen LogP contribution in [-0.4, -0.2) is 21.8 Å². The van der Waals surface area contributed by atoms with Crippen LogP contribution in [0.3, 0.4) is 0 Å². The first kappa shape index (κ1) is 33.7. The highest BCUT2D eigenvalue weighted by Gasteiger charge is 2.68. The zero-order chi connectivity index (χ0) is 32.9. The lowest BCUT2D eigenvalue weighted by atomic mass is 9.98. The summed E-state index contributed by atoms with van der Waals surface area (Å²) >= 11 is 18.4. The Hall–Kier alpha value is -3.22. The Morgan fingerprint density at radius 1 is 0.864 bits per heavy atom. The van der Waals surface area contributed by atoms with Crippen molar-refractivity contribution in [2.75, 3.05) is 5.32 Å². The summed E-state index contributed by atoms with van der Waals surface area (Å²) in [4.78, 5) is 37.4. The number of halogens is 11. The molecule has 3 aromatic rings. The molecule has 1 fully saturated rings. The summed E-state index contributed by atoms with van der Waals surface area (Å²) in [5.74, 6) is -7.25. The van der Waals surface area contributed by atoms with E-state index in [4.69, 9.17) is 34.8 Å². The van der Waals surface area contributed by atoms with Crippen molar-refractivity contribution in [2.24, 2.45) is 5.92 Å². The van der Waals surface area contributed by atoms with Gasteiger partial charge in [0.05, 0.1) is 22.1 Å². The second kappa shape index (κ2) is 11.9. The third-order valence-electron chi connectivity index (χ3n) is 6.88. The summed E-state index contributed by atoms with van der Waals surface area (Å²) in [7, 11) is 0. The second-order valence-corrected chi connectivity index (χ2v) is 12.0. The number of Topliss-reactive ketones (excluding diaryl/α,β-unsaturated/α-hetero) is 2. The molecule has 15 heteroatoms. The molecule has 1 amide bonds. The van der Waals surface area contributed by atoms with E-state index in [0.29, 0.717) is 12.1 Å². The Labute approximate surface area is 259 Å². The summed E-state index contributed by atoms with van der Waals surface area (Å²) in [5, 5.41) is 2.25. The van der Waals surface area contributed by atoms with Crippen molar-refractivity contribution in [3.8, 4) is 0 Å². The van der Waals surface area contributed by atoms with E-state index in [1.54, 1.807) is 0 Å². The summed E-state index contributed by atoms with van der Waals surface area (Å²) in [5.41, 5.74) is -4.79. The number of carbonyl (C=O) groups is 3. The van der Waals surface area contributed by atoms with Crippen LogP contribution in [0.5, 0.6) is 0 Å². The van der Waals surface area contributed by atoms with E-state index in [0.717, 1.165) is 25.1 Å². The van der Waals surface area contributed by atoms with Gasteiger partial charge < -0.3 is 5.32 Å². The topological polar surface area (TPSA) is 63.2 Å². The molecule has 4 rings (SSSR count). The molecule has 1 aliphatic carbocycles. The summed E-state index contributed by atoms with van der Waals surface area (Å²) in [6, 6.07) is 6.28. The monoisotopic (exact) mass is 685 g/mol. The quantitative estimate of drug-likeness (QED) is 0.147. The average Bonchev–Trinajstić information content (AvgIpc) is 3.49. The Kier molecular flexibility index (Phi) is 9.14. The molecule has 2 atom stereocenters. The van der Waals surface area contributed by atoms with Gasteiger partial charge in [-0.15, -0.1) is 23.2 Å². The highest BCUT2D eigenvalue weighted by Crippen LogP contribution is 2.65. The van der Waals surface area contributed by atoms with E-state index < -0.39 is 92.7 Å². The number of amides is 1. The summed E-state index contributed by atoms with van der Waals surface area (Å²) in [6.07, 6.45) is -11.4. The first-order chi connectivity index (χ1) is 20.2. The number of rotatable bonds is 8. The molecule has 1 N–H and O–H groups in total. The van der Waals surface area contributed by atoms with Gasteiger partial charge in [-0.05, 0) is 60.5 Å². The predicted octanol–water partition coefficient (Wildman–Crippen LogP) is 8.74. The maximum Gasteiger partial charge on any atom is 0.416 e. The third kappa shape index (κ3) is 7.02. The maximum atomic E-state index is 14.9. The highest BCUT2D eigenvalue weighted by atomic mass is 35.5. The first-order valence-electron chi connectivity index (χ1n) is 12.5. The van der Waals surface area contributed by atoms with Gasteiger partial charge in [-0.2, -0.15) is 26.3 Å². The van der Waals surface area contributed by atoms with Crippen molar-refractivity contribution >= 4 is 58.0 Å². The molecule has 0 aromatic heterocycles. The Balaban J connectivity index is 1.57. The molecule has 0 aliphatic heterocycles. The van der Waals surface area contributed by atoms with Crippen molar-refractivity contribution in [2.45, 2.75) is 42.4 Å². The molecule has 0 spiro atoms. The second-order valence-electron chi connectivity index (χ2n) is 10.1. The number of anilines is 1. The van der Waals surface area contributed by atoms with Gasteiger partial charge in [0.1, 0.15) is 21.8 Å². The lowest BCUT2D eigenvalue weighted by Gasteiger charge is -2.14. The van der Waals surface area contributed by atoms with Crippen LogP contribution in [0.2, 0.25) is 5.02 Å². The zero-order valence-electron chi connectivity index (χ0n) is 22.1. The molecular formula is C29H18Cl3F8NO3. The molecule has 0 bridgehead atoms. The van der Waals surface area contributed by atoms with Crippen LogP contribution in [-0.2, 0) is 34.8 Å². The summed E-state index contributed by atoms with van der Waals surface area (Å²) < 4.78 is 107. The SMILES string of the molecule is CC(=O)Cc1c(F)ccc(CC(=O)c2cc(NC(=O)C3C(c4cc(C(F)(F)F)cc(C(F)(F)F)c4)C3(Cl)Cl)ccc2Cl)c1F. The van der Waals surface area contributed by atoms with E-state index in [2.05, 4.69) is 5.32 Å². The minimum Gasteiger partial charge on any atom is -0.326 e. The number of nitrogens with one attached hydrogen (secondary N) is 1. The lowest BCUT2D eigenvalue weighted by molar-refractivity contribution is -0.143. The highest BCUT2D eigenvalue weighted by molar-refractivity contribution is 6.53. The molecule has 4 nitrogen and oxygen atoms in total. The Morgan fingerprint density at radius 2 is 1.45 bits per heavy atom. The molecular weight excluding hydrogens is 669 g/mol. The van der Waals surface area contributed by atoms with Gasteiger partial charge in [-0.1, -0.05) is 17.7 Å². The molecule has 2 unspecified atom stereocenters. The zero-order valence-corrected chi connectivity index (χ0v) is 24.3. The first-order valence-corrected chi connectivity index (χ1v) is 13.6. The fraction of sp³-hybridized carbons (Fsp3) is 0.276. The summed E-state index contributed by atoms with van der Waals surface area (Å²) in [6.45, 7) is 1.14. The Morgan fingerprint density at radius 3 is 2.00 bits per heavy atom. The van der Waals surface area contributed by atoms with Crippen LogP contribution < -0.4 is 5.32 Å². The normalized spacial score (nSPS) is 17.7. The smallest absolute Gasteiger partial charge is 0.326 e. The third-order valence-corrected chi connectivity index (χ3v) is 8.15. The molecule has 0 saturated heterocycles. The van der Waals surface area contributed by atoms with Crippen LogP contribution in [0.1, 0.15) is 51.0 Å². The van der Waals surface area contributed by atoms with Gasteiger partial charge in [0, 0.05) is 35.6 Å². The van der Waals surface area contributed by atoms with Crippen molar-refractivity contribution < 1.29 is 49.5 Å². The van der Waals surface area contributed by atoms with Gasteiger partial charge in [0.2, 0.25) is 5.91 Å². The number of carbonyl (C=O) groups excluding carboxylic acids is 3. The number of hydrogen-bond acceptors (Lipinski definition) is 3. The van der Waals surface area contributed by atoms with E-state index in [-0.39, 0.29) is 27.9 Å². The minimum atomic E-state index is -5.14. The molecule has 44 heavy (non-hydrogen) atoms. The van der Waals surface area contributed by atoms with Crippen LogP contribution in [0, 0.1) is 17.6 Å². The van der Waals surface area contributed by atoms with Crippen LogP contribution in [0.4, 0.5) is 40.8 Å². The fourth-order valence-corrected chi connectivity index (χ4v) is 5.78. The number of hydrogen-bond donors (Lipinski definition) is 1. The van der Waals surface area contributed by atoms with Gasteiger partial charge >= 0.3 is 12.4 Å². The van der Waals surface area contributed by atoms with Crippen molar-refractivity contribution in [1.82, 2.24) is 0 Å². The molecule has 234 valence electrons. The average molecular weight is 687 g/mol. The Bertz CT molecular complexity index is 1640. The van der Waals surface area contributed by atoms with Crippen LogP contribution in [0.25, 0.3) is 0 Å².